The maximum Gasteiger partial charge on any atom is 0.416 e. The Morgan fingerprint density at radius 3 is 2.57 bits per heavy atom. The molecule has 1 aromatic carbocycles. The number of hydrogen-bond donors (Lipinski definition) is 1. The number of hydrogen-bond acceptors (Lipinski definition) is 4. The molecule has 2 atom stereocenters. The number of esters is 1. The Morgan fingerprint density at radius 1 is 1.32 bits per heavy atom. The predicted octanol–water partition coefficient (Wildman–Crippen LogP) is 3.40. The number of rotatable bonds is 4. The highest BCUT2D eigenvalue weighted by atomic mass is 19.4. The maximum absolute atomic E-state index is 12.8. The summed E-state index contributed by atoms with van der Waals surface area (Å²) in [5, 5.41) is 2.65. The summed E-state index contributed by atoms with van der Waals surface area (Å²) in [4.78, 5) is 26.2. The Kier molecular flexibility index (Phi) is 5.64. The molecule has 2 aliphatic heterocycles. The van der Waals surface area contributed by atoms with Gasteiger partial charge in [-0.25, -0.2) is 9.59 Å². The number of carbonyl (C=O) groups is 2. The number of allylic oxidation sites excluding steroid dienone is 1. The minimum absolute atomic E-state index is 0.0903. The van der Waals surface area contributed by atoms with Crippen molar-refractivity contribution in [3.8, 4) is 0 Å². The van der Waals surface area contributed by atoms with E-state index in [1.165, 1.54) is 24.1 Å². The Morgan fingerprint density at radius 2 is 2.00 bits per heavy atom. The second kappa shape index (κ2) is 7.83. The third kappa shape index (κ3) is 4.14. The normalized spacial score (nSPS) is 23.0. The van der Waals surface area contributed by atoms with Crippen LogP contribution >= 0.6 is 0 Å². The first-order valence-corrected chi connectivity index (χ1v) is 8.89. The van der Waals surface area contributed by atoms with E-state index >= 15 is 0 Å². The molecule has 0 spiro atoms. The molecule has 1 N–H and O–H groups in total. The SMILES string of the molecule is CC1=C(C(=O)OC[C@@H]2CCCO2)[C@H](c2ccc(C(F)(F)F)cc2)NC(=O)N1C. The van der Waals surface area contributed by atoms with Crippen molar-refractivity contribution in [3.63, 3.8) is 0 Å². The minimum atomic E-state index is -4.47. The van der Waals surface area contributed by atoms with Gasteiger partial charge in [0.05, 0.1) is 23.3 Å². The summed E-state index contributed by atoms with van der Waals surface area (Å²) in [6.45, 7) is 2.31. The van der Waals surface area contributed by atoms with Crippen molar-refractivity contribution < 1.29 is 32.2 Å². The van der Waals surface area contributed by atoms with E-state index in [1.807, 2.05) is 0 Å². The van der Waals surface area contributed by atoms with Gasteiger partial charge in [-0.3, -0.25) is 0 Å². The first kappa shape index (κ1) is 20.2. The molecular formula is C19H21F3N2O4. The van der Waals surface area contributed by atoms with Crippen LogP contribution < -0.4 is 5.32 Å². The molecule has 0 aromatic heterocycles. The van der Waals surface area contributed by atoms with E-state index in [2.05, 4.69) is 5.32 Å². The molecule has 0 bridgehead atoms. The smallest absolute Gasteiger partial charge is 0.416 e. The predicted molar refractivity (Wildman–Crippen MR) is 93.1 cm³/mol. The van der Waals surface area contributed by atoms with Crippen molar-refractivity contribution in [3.05, 3.63) is 46.7 Å². The van der Waals surface area contributed by atoms with Crippen LogP contribution in [0.2, 0.25) is 0 Å². The minimum Gasteiger partial charge on any atom is -0.459 e. The van der Waals surface area contributed by atoms with Crippen molar-refractivity contribution in [2.45, 2.75) is 38.1 Å². The van der Waals surface area contributed by atoms with Crippen molar-refractivity contribution in [1.29, 1.82) is 0 Å². The molecule has 1 fully saturated rings. The average Bonchev–Trinajstić information content (AvgIpc) is 3.17. The fourth-order valence-electron chi connectivity index (χ4n) is 3.24. The van der Waals surface area contributed by atoms with Crippen LogP contribution in [-0.4, -0.2) is 43.3 Å². The highest BCUT2D eigenvalue weighted by Crippen LogP contribution is 2.34. The molecule has 2 aliphatic rings. The van der Waals surface area contributed by atoms with E-state index in [9.17, 15) is 22.8 Å². The molecular weight excluding hydrogens is 377 g/mol. The van der Waals surface area contributed by atoms with Gasteiger partial charge in [0.1, 0.15) is 6.61 Å². The van der Waals surface area contributed by atoms with Gasteiger partial charge < -0.3 is 19.7 Å². The molecule has 0 saturated carbocycles. The number of nitrogens with one attached hydrogen (secondary N) is 1. The van der Waals surface area contributed by atoms with Gasteiger partial charge >= 0.3 is 18.2 Å². The average molecular weight is 398 g/mol. The van der Waals surface area contributed by atoms with Crippen LogP contribution in [0.3, 0.4) is 0 Å². The Balaban J connectivity index is 1.86. The summed E-state index contributed by atoms with van der Waals surface area (Å²) in [5.74, 6) is -0.634. The Hall–Kier alpha value is -2.55. The molecule has 0 unspecified atom stereocenters. The van der Waals surface area contributed by atoms with Crippen LogP contribution in [0.1, 0.15) is 36.9 Å². The maximum atomic E-state index is 12.8. The molecule has 3 rings (SSSR count). The van der Waals surface area contributed by atoms with Crippen LogP contribution in [-0.2, 0) is 20.4 Å². The molecule has 2 amide bonds. The first-order valence-electron chi connectivity index (χ1n) is 8.89. The summed E-state index contributed by atoms with van der Waals surface area (Å²) in [6.07, 6.45) is -2.94. The molecule has 1 saturated heterocycles. The molecule has 9 heteroatoms. The standard InChI is InChI=1S/C19H21F3N2O4/c1-11-15(17(25)28-10-14-4-3-9-27-14)16(23-18(26)24(11)2)12-5-7-13(8-6-12)19(20,21)22/h5-8,14,16H,3-4,9-10H2,1-2H3,(H,23,26)/t14-,16-/m0/s1. The molecule has 0 aliphatic carbocycles. The van der Waals surface area contributed by atoms with E-state index in [0.29, 0.717) is 17.9 Å². The van der Waals surface area contributed by atoms with Gasteiger partial charge in [-0.05, 0) is 37.5 Å². The number of urea groups is 1. The monoisotopic (exact) mass is 398 g/mol. The molecule has 28 heavy (non-hydrogen) atoms. The summed E-state index contributed by atoms with van der Waals surface area (Å²) in [5.41, 5.74) is 0.113. The van der Waals surface area contributed by atoms with E-state index < -0.39 is 29.8 Å². The van der Waals surface area contributed by atoms with E-state index in [1.54, 1.807) is 6.92 Å². The number of ether oxygens (including phenoxy) is 2. The van der Waals surface area contributed by atoms with Crippen molar-refractivity contribution in [2.24, 2.45) is 0 Å². The lowest BCUT2D eigenvalue weighted by atomic mass is 9.94. The summed E-state index contributed by atoms with van der Waals surface area (Å²) in [6, 6.07) is 2.98. The summed E-state index contributed by atoms with van der Waals surface area (Å²) >= 11 is 0. The van der Waals surface area contributed by atoms with Gasteiger partial charge in [-0.15, -0.1) is 0 Å². The van der Waals surface area contributed by atoms with Crippen LogP contribution in [0.25, 0.3) is 0 Å². The molecule has 2 heterocycles. The number of amides is 2. The van der Waals surface area contributed by atoms with Crippen molar-refractivity contribution >= 4 is 12.0 Å². The lowest BCUT2D eigenvalue weighted by Gasteiger charge is -2.33. The van der Waals surface area contributed by atoms with Gasteiger partial charge in [-0.1, -0.05) is 12.1 Å². The van der Waals surface area contributed by atoms with Gasteiger partial charge in [0.15, 0.2) is 0 Å². The lowest BCUT2D eigenvalue weighted by molar-refractivity contribution is -0.143. The van der Waals surface area contributed by atoms with Gasteiger partial charge in [-0.2, -0.15) is 13.2 Å². The van der Waals surface area contributed by atoms with Crippen LogP contribution in [0.4, 0.5) is 18.0 Å². The van der Waals surface area contributed by atoms with Crippen LogP contribution in [0.5, 0.6) is 0 Å². The first-order chi connectivity index (χ1) is 13.2. The largest absolute Gasteiger partial charge is 0.459 e. The van der Waals surface area contributed by atoms with Crippen molar-refractivity contribution in [2.75, 3.05) is 20.3 Å². The summed E-state index contributed by atoms with van der Waals surface area (Å²) in [7, 11) is 1.50. The van der Waals surface area contributed by atoms with E-state index in [4.69, 9.17) is 9.47 Å². The number of benzene rings is 1. The molecule has 152 valence electrons. The van der Waals surface area contributed by atoms with Crippen LogP contribution in [0.15, 0.2) is 35.5 Å². The molecule has 6 nitrogen and oxygen atoms in total. The van der Waals surface area contributed by atoms with Crippen LogP contribution in [0, 0.1) is 0 Å². The zero-order valence-corrected chi connectivity index (χ0v) is 15.5. The number of alkyl halides is 3. The third-order valence-electron chi connectivity index (χ3n) is 4.97. The number of halogens is 3. The molecule has 1 aromatic rings. The highest BCUT2D eigenvalue weighted by molar-refractivity contribution is 5.95. The molecule has 0 radical (unpaired) electrons. The number of carbonyl (C=O) groups excluding carboxylic acids is 2. The topological polar surface area (TPSA) is 67.9 Å². The van der Waals surface area contributed by atoms with Gasteiger partial charge in [0.25, 0.3) is 0 Å². The fraction of sp³-hybridized carbons (Fsp3) is 0.474. The van der Waals surface area contributed by atoms with E-state index in [0.717, 1.165) is 25.0 Å². The van der Waals surface area contributed by atoms with Gasteiger partial charge in [0.2, 0.25) is 0 Å². The lowest BCUT2D eigenvalue weighted by Crippen LogP contribution is -2.46. The zero-order valence-electron chi connectivity index (χ0n) is 15.5. The Bertz CT molecular complexity index is 783. The second-order valence-electron chi connectivity index (χ2n) is 6.79. The second-order valence-corrected chi connectivity index (χ2v) is 6.79. The fourth-order valence-corrected chi connectivity index (χ4v) is 3.24. The highest BCUT2D eigenvalue weighted by Gasteiger charge is 2.36. The zero-order chi connectivity index (χ0) is 20.5. The Labute approximate surface area is 160 Å². The van der Waals surface area contributed by atoms with E-state index in [-0.39, 0.29) is 18.3 Å². The summed E-state index contributed by atoms with van der Waals surface area (Å²) < 4.78 is 49.3. The quantitative estimate of drug-likeness (QED) is 0.790. The van der Waals surface area contributed by atoms with Crippen molar-refractivity contribution in [1.82, 2.24) is 10.2 Å². The van der Waals surface area contributed by atoms with Gasteiger partial charge in [0, 0.05) is 19.4 Å². The third-order valence-corrected chi connectivity index (χ3v) is 4.97. The number of nitrogens with zero attached hydrogens (tertiary/aromatic N) is 1.